The van der Waals surface area contributed by atoms with E-state index < -0.39 is 0 Å². The first-order valence-corrected chi connectivity index (χ1v) is 8.94. The number of nitrogens with one attached hydrogen (secondary N) is 1. The number of fused-ring (bicyclic) bond motifs is 1. The number of halogens is 3. The molecule has 1 aliphatic rings. The highest BCUT2D eigenvalue weighted by Gasteiger charge is 2.24. The van der Waals surface area contributed by atoms with Crippen LogP contribution in [0.4, 0.5) is 4.39 Å². The Labute approximate surface area is 148 Å². The van der Waals surface area contributed by atoms with E-state index in [9.17, 15) is 9.18 Å². The number of hydrogen-bond acceptors (Lipinski definition) is 2. The summed E-state index contributed by atoms with van der Waals surface area (Å²) >= 11 is 13.7. The minimum absolute atomic E-state index is 0.104. The highest BCUT2D eigenvalue weighted by atomic mass is 35.5. The third-order valence-electron chi connectivity index (χ3n) is 3.76. The first-order chi connectivity index (χ1) is 11.1. The van der Waals surface area contributed by atoms with Gasteiger partial charge in [0.25, 0.3) is 0 Å². The van der Waals surface area contributed by atoms with Gasteiger partial charge in [0.05, 0.1) is 12.5 Å². The van der Waals surface area contributed by atoms with Crippen LogP contribution >= 0.6 is 35.0 Å². The van der Waals surface area contributed by atoms with E-state index in [1.54, 1.807) is 24.3 Å². The Kier molecular flexibility index (Phi) is 5.14. The van der Waals surface area contributed by atoms with Gasteiger partial charge in [-0.15, -0.1) is 11.8 Å². The molecule has 0 aromatic heterocycles. The van der Waals surface area contributed by atoms with E-state index in [2.05, 4.69) is 5.32 Å². The molecule has 0 spiro atoms. The Morgan fingerprint density at radius 1 is 1.22 bits per heavy atom. The molecule has 2 aromatic rings. The van der Waals surface area contributed by atoms with E-state index >= 15 is 0 Å². The molecule has 1 atom stereocenters. The zero-order chi connectivity index (χ0) is 16.4. The number of rotatable bonds is 3. The summed E-state index contributed by atoms with van der Waals surface area (Å²) in [5.74, 6) is 0.360. The fourth-order valence-electron chi connectivity index (χ4n) is 2.64. The van der Waals surface area contributed by atoms with Gasteiger partial charge in [0.15, 0.2) is 0 Å². The van der Waals surface area contributed by atoms with E-state index in [0.717, 1.165) is 17.7 Å². The second kappa shape index (κ2) is 7.12. The Balaban J connectivity index is 1.76. The zero-order valence-corrected chi connectivity index (χ0v) is 14.4. The van der Waals surface area contributed by atoms with Gasteiger partial charge in [-0.1, -0.05) is 41.4 Å². The summed E-state index contributed by atoms with van der Waals surface area (Å²) < 4.78 is 13.9. The lowest BCUT2D eigenvalue weighted by molar-refractivity contribution is -0.121. The highest BCUT2D eigenvalue weighted by molar-refractivity contribution is 7.99. The molecule has 0 aliphatic carbocycles. The molecule has 1 amide bonds. The molecule has 120 valence electrons. The van der Waals surface area contributed by atoms with Crippen LogP contribution in [0.25, 0.3) is 0 Å². The molecule has 3 rings (SSSR count). The van der Waals surface area contributed by atoms with Gasteiger partial charge in [0.1, 0.15) is 5.82 Å². The molecule has 0 saturated heterocycles. The van der Waals surface area contributed by atoms with Gasteiger partial charge < -0.3 is 5.32 Å². The molecule has 1 heterocycles. The van der Waals surface area contributed by atoms with Crippen LogP contribution in [0.3, 0.4) is 0 Å². The fraction of sp³-hybridized carbons (Fsp3) is 0.235. The highest BCUT2D eigenvalue weighted by Crippen LogP contribution is 2.37. The van der Waals surface area contributed by atoms with Gasteiger partial charge in [-0.05, 0) is 35.7 Å². The number of hydrogen-bond donors (Lipinski definition) is 1. The third kappa shape index (κ3) is 3.65. The van der Waals surface area contributed by atoms with Crippen LogP contribution in [-0.2, 0) is 11.2 Å². The summed E-state index contributed by atoms with van der Waals surface area (Å²) in [4.78, 5) is 13.0. The molecule has 6 heteroatoms. The molecule has 1 N–H and O–H groups in total. The number of amides is 1. The summed E-state index contributed by atoms with van der Waals surface area (Å²) in [6, 6.07) is 9.94. The van der Waals surface area contributed by atoms with E-state index in [1.165, 1.54) is 17.8 Å². The van der Waals surface area contributed by atoms with Crippen molar-refractivity contribution in [3.8, 4) is 0 Å². The summed E-state index contributed by atoms with van der Waals surface area (Å²) in [6.45, 7) is 0. The van der Waals surface area contributed by atoms with Gasteiger partial charge >= 0.3 is 0 Å². The Morgan fingerprint density at radius 2 is 1.91 bits per heavy atom. The van der Waals surface area contributed by atoms with Gasteiger partial charge in [-0.2, -0.15) is 0 Å². The Bertz CT molecular complexity index is 733. The lowest BCUT2D eigenvalue weighted by atomic mass is 10.0. The SMILES string of the molecule is O=C(Cc1c(Cl)cccc1Cl)N[C@H]1CCSc2c(F)cccc21. The van der Waals surface area contributed by atoms with E-state index in [4.69, 9.17) is 23.2 Å². The second-order valence-corrected chi connectivity index (χ2v) is 7.21. The minimum Gasteiger partial charge on any atom is -0.349 e. The number of thioether (sulfide) groups is 1. The molecule has 0 bridgehead atoms. The number of carbonyl (C=O) groups is 1. The zero-order valence-electron chi connectivity index (χ0n) is 12.1. The quantitative estimate of drug-likeness (QED) is 0.821. The van der Waals surface area contributed by atoms with Crippen molar-refractivity contribution in [1.29, 1.82) is 0 Å². The van der Waals surface area contributed by atoms with Crippen LogP contribution in [0.5, 0.6) is 0 Å². The molecule has 23 heavy (non-hydrogen) atoms. The molecule has 0 fully saturated rings. The summed E-state index contributed by atoms with van der Waals surface area (Å²) in [6.07, 6.45) is 0.871. The summed E-state index contributed by atoms with van der Waals surface area (Å²) in [7, 11) is 0. The summed E-state index contributed by atoms with van der Waals surface area (Å²) in [5, 5.41) is 3.91. The van der Waals surface area contributed by atoms with Crippen LogP contribution in [0.1, 0.15) is 23.6 Å². The standard InChI is InChI=1S/C17H14Cl2FNOS/c18-12-4-2-5-13(19)11(12)9-16(22)21-15-7-8-23-17-10(15)3-1-6-14(17)20/h1-6,15H,7-9H2,(H,21,22)/t15-/m0/s1. The summed E-state index contributed by atoms with van der Waals surface area (Å²) in [5.41, 5.74) is 1.44. The van der Waals surface area contributed by atoms with E-state index in [0.29, 0.717) is 20.5 Å². The fourth-order valence-corrected chi connectivity index (χ4v) is 4.32. The van der Waals surface area contributed by atoms with Gasteiger partial charge in [-0.3, -0.25) is 4.79 Å². The minimum atomic E-state index is -0.236. The average Bonchev–Trinajstić information content (AvgIpc) is 2.52. The lowest BCUT2D eigenvalue weighted by Crippen LogP contribution is -2.32. The number of carbonyl (C=O) groups excluding carboxylic acids is 1. The molecule has 2 aromatic carbocycles. The van der Waals surface area contributed by atoms with E-state index in [-0.39, 0.29) is 24.2 Å². The van der Waals surface area contributed by atoms with E-state index in [1.807, 2.05) is 6.07 Å². The average molecular weight is 370 g/mol. The van der Waals surface area contributed by atoms with Gasteiger partial charge in [0, 0.05) is 20.7 Å². The van der Waals surface area contributed by atoms with Crippen LogP contribution in [0.2, 0.25) is 10.0 Å². The topological polar surface area (TPSA) is 29.1 Å². The molecule has 0 radical (unpaired) electrons. The maximum Gasteiger partial charge on any atom is 0.225 e. The van der Waals surface area contributed by atoms with Crippen LogP contribution < -0.4 is 5.32 Å². The first-order valence-electron chi connectivity index (χ1n) is 7.19. The molecule has 0 saturated carbocycles. The van der Waals surface area contributed by atoms with Crippen molar-refractivity contribution >= 4 is 40.9 Å². The van der Waals surface area contributed by atoms with Crippen LogP contribution in [0.15, 0.2) is 41.3 Å². The Hall–Kier alpha value is -1.23. The van der Waals surface area contributed by atoms with Crippen molar-refractivity contribution in [3.63, 3.8) is 0 Å². The second-order valence-electron chi connectivity index (χ2n) is 5.29. The molecule has 0 unspecified atom stereocenters. The van der Waals surface area contributed by atoms with Crippen molar-refractivity contribution < 1.29 is 9.18 Å². The molecular weight excluding hydrogens is 356 g/mol. The number of benzene rings is 2. The van der Waals surface area contributed by atoms with Crippen molar-refractivity contribution in [1.82, 2.24) is 5.32 Å². The van der Waals surface area contributed by atoms with Crippen molar-refractivity contribution in [2.24, 2.45) is 0 Å². The van der Waals surface area contributed by atoms with Gasteiger partial charge in [0.2, 0.25) is 5.91 Å². The van der Waals surface area contributed by atoms with Crippen molar-refractivity contribution in [2.75, 3.05) is 5.75 Å². The third-order valence-corrected chi connectivity index (χ3v) is 5.63. The molecule has 1 aliphatic heterocycles. The monoisotopic (exact) mass is 369 g/mol. The van der Waals surface area contributed by atoms with Crippen LogP contribution in [0, 0.1) is 5.82 Å². The van der Waals surface area contributed by atoms with Crippen LogP contribution in [-0.4, -0.2) is 11.7 Å². The molecule has 2 nitrogen and oxygen atoms in total. The maximum absolute atomic E-state index is 13.9. The van der Waals surface area contributed by atoms with Crippen molar-refractivity contribution in [3.05, 3.63) is 63.4 Å². The molecular formula is C17H14Cl2FNOS. The van der Waals surface area contributed by atoms with Crippen molar-refractivity contribution in [2.45, 2.75) is 23.8 Å². The lowest BCUT2D eigenvalue weighted by Gasteiger charge is -2.26. The first kappa shape index (κ1) is 16.6. The van der Waals surface area contributed by atoms with Gasteiger partial charge in [-0.25, -0.2) is 4.39 Å². The predicted molar refractivity (Wildman–Crippen MR) is 92.8 cm³/mol. The Morgan fingerprint density at radius 3 is 2.65 bits per heavy atom. The predicted octanol–water partition coefficient (Wildman–Crippen LogP) is 5.03. The smallest absolute Gasteiger partial charge is 0.225 e. The normalized spacial score (nSPS) is 16.7. The maximum atomic E-state index is 13.9. The largest absolute Gasteiger partial charge is 0.349 e.